The average Bonchev–Trinajstić information content (AvgIpc) is 3.90. The Bertz CT molecular complexity index is 3570. The molecule has 0 spiro atoms. The molecule has 0 bridgehead atoms. The normalized spacial score (nSPS) is 13.1. The summed E-state index contributed by atoms with van der Waals surface area (Å²) in [5, 5.41) is 2.50. The van der Waals surface area contributed by atoms with E-state index in [0.29, 0.717) is 34.7 Å². The summed E-state index contributed by atoms with van der Waals surface area (Å²) in [4.78, 5) is 15.2. The van der Waals surface area contributed by atoms with E-state index in [1.54, 1.807) is 11.3 Å². The van der Waals surface area contributed by atoms with E-state index in [9.17, 15) is 0 Å². The Morgan fingerprint density at radius 3 is 1.67 bits per heavy atom. The van der Waals surface area contributed by atoms with Gasteiger partial charge in [0.1, 0.15) is 0 Å². The predicted octanol–water partition coefficient (Wildman–Crippen LogP) is 15.2. The van der Waals surface area contributed by atoms with Crippen molar-refractivity contribution < 1.29 is 9.47 Å². The predicted molar refractivity (Wildman–Crippen MR) is 258 cm³/mol. The lowest BCUT2D eigenvalue weighted by Crippen LogP contribution is -2.28. The summed E-state index contributed by atoms with van der Waals surface area (Å²) in [5.41, 5.74) is 11.1. The van der Waals surface area contributed by atoms with E-state index >= 15 is 0 Å². The number of hydrogen-bond acceptors (Lipinski definition) is 6. The van der Waals surface area contributed by atoms with Gasteiger partial charge in [0.15, 0.2) is 40.5 Å². The molecule has 0 unspecified atom stereocenters. The molecule has 0 saturated carbocycles. The Morgan fingerprint density at radius 1 is 0.359 bits per heavy atom. The highest BCUT2D eigenvalue weighted by atomic mass is 32.1. The average molecular weight is 838 g/mol. The fourth-order valence-corrected chi connectivity index (χ4v) is 11.0. The van der Waals surface area contributed by atoms with Crippen LogP contribution in [0.2, 0.25) is 0 Å². The summed E-state index contributed by atoms with van der Waals surface area (Å²) in [7, 11) is 0. The Labute approximate surface area is 373 Å². The van der Waals surface area contributed by atoms with E-state index in [2.05, 4.69) is 170 Å². The molecule has 64 heavy (non-hydrogen) atoms. The number of para-hydroxylation sites is 1. The van der Waals surface area contributed by atoms with Crippen LogP contribution in [0.25, 0.3) is 76.6 Å². The Balaban J connectivity index is 0.904. The highest BCUT2D eigenvalue weighted by Gasteiger charge is 2.48. The minimum atomic E-state index is -0.552. The molecule has 0 saturated heterocycles. The van der Waals surface area contributed by atoms with Gasteiger partial charge in [0.05, 0.1) is 5.41 Å². The quantitative estimate of drug-likeness (QED) is 0.167. The third kappa shape index (κ3) is 5.59. The second-order valence-electron chi connectivity index (χ2n) is 16.2. The molecule has 5 nitrogen and oxygen atoms in total. The Morgan fingerprint density at radius 2 is 0.922 bits per heavy atom. The van der Waals surface area contributed by atoms with Crippen LogP contribution in [0.15, 0.2) is 212 Å². The molecule has 1 aliphatic heterocycles. The van der Waals surface area contributed by atoms with Gasteiger partial charge in [-0.25, -0.2) is 15.0 Å². The zero-order valence-electron chi connectivity index (χ0n) is 34.3. The van der Waals surface area contributed by atoms with Crippen molar-refractivity contribution >= 4 is 31.5 Å². The van der Waals surface area contributed by atoms with Gasteiger partial charge in [0, 0.05) is 48.0 Å². The third-order valence-electron chi connectivity index (χ3n) is 12.7. The molecular weight excluding hydrogens is 803 g/mol. The number of hydrogen-bond donors (Lipinski definition) is 0. The summed E-state index contributed by atoms with van der Waals surface area (Å²) in [6.45, 7) is 0. The number of nitrogens with zero attached hydrogens (tertiary/aromatic N) is 3. The molecule has 11 aromatic rings. The fourth-order valence-electron chi connectivity index (χ4n) is 9.83. The number of rotatable bonds is 6. The molecular formula is C58H35N3O2S. The minimum Gasteiger partial charge on any atom is -0.449 e. The summed E-state index contributed by atoms with van der Waals surface area (Å²) in [6, 6.07) is 74.2. The van der Waals surface area contributed by atoms with Crippen molar-refractivity contribution in [3.05, 3.63) is 235 Å². The van der Waals surface area contributed by atoms with Crippen molar-refractivity contribution in [1.29, 1.82) is 0 Å². The standard InChI is InChI=1S/C58H35N3O2S/c1-4-15-37(16-5-1)55-59-56(61-57(60-55)39-31-32-44-43-21-11-13-26-50(43)64-51(44)35-39)38-29-27-36(28-30-38)42-23-14-25-48-53(42)63-54-49(62-48)34-33-47-52(54)45-22-10-12-24-46(45)58(47,40-17-6-2-7-18-40)41-19-8-3-9-20-41/h1-35H. The smallest absolute Gasteiger partial charge is 0.178 e. The number of aromatic nitrogens is 3. The summed E-state index contributed by atoms with van der Waals surface area (Å²) < 4.78 is 16.4. The van der Waals surface area contributed by atoms with Crippen LogP contribution in [0.5, 0.6) is 23.0 Å². The maximum Gasteiger partial charge on any atom is 0.178 e. The van der Waals surface area contributed by atoms with Crippen LogP contribution >= 0.6 is 11.3 Å². The highest BCUT2D eigenvalue weighted by Crippen LogP contribution is 2.62. The maximum absolute atomic E-state index is 7.16. The number of fused-ring (bicyclic) bond motifs is 9. The van der Waals surface area contributed by atoms with E-state index in [0.717, 1.165) is 50.3 Å². The second-order valence-corrected chi connectivity index (χ2v) is 17.3. The molecule has 0 N–H and O–H groups in total. The van der Waals surface area contributed by atoms with Crippen LogP contribution in [-0.4, -0.2) is 15.0 Å². The van der Waals surface area contributed by atoms with Crippen molar-refractivity contribution in [1.82, 2.24) is 15.0 Å². The topological polar surface area (TPSA) is 57.1 Å². The van der Waals surface area contributed by atoms with Gasteiger partial charge in [-0.05, 0) is 57.6 Å². The SMILES string of the molecule is c1ccc(-c2nc(-c3ccc(-c4cccc5c4Oc4c(ccc6c4-c4ccccc4C6(c4ccccc4)c4ccccc4)O5)cc3)nc(-c3ccc4c(c3)sc3ccccc34)n2)cc1. The van der Waals surface area contributed by atoms with E-state index in [4.69, 9.17) is 24.4 Å². The van der Waals surface area contributed by atoms with Crippen LogP contribution in [0.3, 0.4) is 0 Å². The van der Waals surface area contributed by atoms with Crippen molar-refractivity contribution in [3.8, 4) is 79.4 Å². The lowest BCUT2D eigenvalue weighted by Gasteiger charge is -2.34. The Hall–Kier alpha value is -8.19. The molecule has 300 valence electrons. The minimum absolute atomic E-state index is 0.552. The summed E-state index contributed by atoms with van der Waals surface area (Å²) in [5.74, 6) is 4.61. The first-order valence-electron chi connectivity index (χ1n) is 21.4. The zero-order valence-corrected chi connectivity index (χ0v) is 35.1. The lowest BCUT2D eigenvalue weighted by atomic mass is 9.68. The van der Waals surface area contributed by atoms with E-state index in [1.807, 2.05) is 42.5 Å². The molecule has 6 heteroatoms. The zero-order chi connectivity index (χ0) is 42.2. The monoisotopic (exact) mass is 837 g/mol. The van der Waals surface area contributed by atoms with Gasteiger partial charge in [-0.3, -0.25) is 0 Å². The Kier molecular flexibility index (Phi) is 8.23. The number of benzene rings is 9. The van der Waals surface area contributed by atoms with Crippen molar-refractivity contribution in [2.75, 3.05) is 0 Å². The maximum atomic E-state index is 7.16. The van der Waals surface area contributed by atoms with E-state index in [-0.39, 0.29) is 0 Å². The first kappa shape index (κ1) is 36.5. The van der Waals surface area contributed by atoms with Crippen molar-refractivity contribution in [2.24, 2.45) is 0 Å². The largest absolute Gasteiger partial charge is 0.449 e. The van der Waals surface area contributed by atoms with Crippen LogP contribution in [0.4, 0.5) is 0 Å². The van der Waals surface area contributed by atoms with Gasteiger partial charge in [-0.15, -0.1) is 11.3 Å². The molecule has 3 heterocycles. The lowest BCUT2D eigenvalue weighted by molar-refractivity contribution is 0.361. The second kappa shape index (κ2) is 14.4. The van der Waals surface area contributed by atoms with Crippen LogP contribution in [-0.2, 0) is 5.41 Å². The van der Waals surface area contributed by atoms with Gasteiger partial charge in [-0.1, -0.05) is 188 Å². The molecule has 13 rings (SSSR count). The molecule has 2 aliphatic rings. The van der Waals surface area contributed by atoms with E-state index < -0.39 is 5.41 Å². The fraction of sp³-hybridized carbons (Fsp3) is 0.0172. The molecule has 0 atom stereocenters. The summed E-state index contributed by atoms with van der Waals surface area (Å²) in [6.07, 6.45) is 0. The number of thiophene rings is 1. The molecule has 9 aromatic carbocycles. The summed E-state index contributed by atoms with van der Waals surface area (Å²) >= 11 is 1.79. The molecule has 0 radical (unpaired) electrons. The van der Waals surface area contributed by atoms with Crippen LogP contribution in [0.1, 0.15) is 22.3 Å². The molecule has 1 aliphatic carbocycles. The van der Waals surface area contributed by atoms with Gasteiger partial charge in [0.2, 0.25) is 0 Å². The third-order valence-corrected chi connectivity index (χ3v) is 13.8. The van der Waals surface area contributed by atoms with Gasteiger partial charge in [-0.2, -0.15) is 0 Å². The first-order valence-corrected chi connectivity index (χ1v) is 22.2. The van der Waals surface area contributed by atoms with Gasteiger partial charge in [0.25, 0.3) is 0 Å². The van der Waals surface area contributed by atoms with Crippen LogP contribution in [0, 0.1) is 0 Å². The van der Waals surface area contributed by atoms with Crippen molar-refractivity contribution in [3.63, 3.8) is 0 Å². The highest BCUT2D eigenvalue weighted by molar-refractivity contribution is 7.25. The number of ether oxygens (including phenoxy) is 2. The molecule has 0 amide bonds. The molecule has 2 aromatic heterocycles. The molecule has 0 fully saturated rings. The van der Waals surface area contributed by atoms with Gasteiger partial charge >= 0.3 is 0 Å². The van der Waals surface area contributed by atoms with E-state index in [1.165, 1.54) is 36.9 Å². The van der Waals surface area contributed by atoms with Crippen LogP contribution < -0.4 is 9.47 Å². The van der Waals surface area contributed by atoms with Gasteiger partial charge < -0.3 is 9.47 Å². The first-order chi connectivity index (χ1) is 31.7. The van der Waals surface area contributed by atoms with Crippen molar-refractivity contribution in [2.45, 2.75) is 5.41 Å².